The minimum absolute atomic E-state index is 0.0588. The van der Waals surface area contributed by atoms with E-state index in [1.54, 1.807) is 24.2 Å². The summed E-state index contributed by atoms with van der Waals surface area (Å²) in [4.78, 5) is 20.4. The van der Waals surface area contributed by atoms with Gasteiger partial charge in [0.15, 0.2) is 0 Å². The fraction of sp³-hybridized carbons (Fsp3) is 0.357. The summed E-state index contributed by atoms with van der Waals surface area (Å²) >= 11 is 3.25. The van der Waals surface area contributed by atoms with E-state index in [4.69, 9.17) is 0 Å². The molecule has 0 spiro atoms. The number of thiazole rings is 1. The van der Waals surface area contributed by atoms with E-state index in [-0.39, 0.29) is 5.91 Å². The highest BCUT2D eigenvalue weighted by atomic mass is 32.2. The highest BCUT2D eigenvalue weighted by Crippen LogP contribution is 2.31. The number of hydrogen-bond donors (Lipinski definition) is 1. The quantitative estimate of drug-likeness (QED) is 0.829. The van der Waals surface area contributed by atoms with Crippen LogP contribution in [0.25, 0.3) is 10.6 Å². The predicted molar refractivity (Wildman–Crippen MR) is 86.3 cm³/mol. The molecular formula is C14H17N3OS2. The Labute approximate surface area is 127 Å². The van der Waals surface area contributed by atoms with Crippen molar-refractivity contribution in [3.05, 3.63) is 30.2 Å². The average molecular weight is 307 g/mol. The van der Waals surface area contributed by atoms with Gasteiger partial charge < -0.3 is 5.32 Å². The molecule has 0 saturated heterocycles. The molecule has 4 nitrogen and oxygen atoms in total. The van der Waals surface area contributed by atoms with Crippen LogP contribution >= 0.6 is 23.1 Å². The van der Waals surface area contributed by atoms with Crippen molar-refractivity contribution in [2.24, 2.45) is 0 Å². The van der Waals surface area contributed by atoms with Gasteiger partial charge in [-0.05, 0) is 37.5 Å². The van der Waals surface area contributed by atoms with E-state index < -0.39 is 0 Å². The van der Waals surface area contributed by atoms with Crippen molar-refractivity contribution >= 4 is 34.0 Å². The number of pyridine rings is 1. The van der Waals surface area contributed by atoms with Crippen molar-refractivity contribution in [1.82, 2.24) is 9.97 Å². The Morgan fingerprint density at radius 3 is 3.05 bits per heavy atom. The number of amides is 1. The number of hydrogen-bond acceptors (Lipinski definition) is 5. The zero-order chi connectivity index (χ0) is 14.4. The molecule has 0 fully saturated rings. The third-order valence-corrected chi connectivity index (χ3v) is 4.53. The van der Waals surface area contributed by atoms with Gasteiger partial charge in [-0.3, -0.25) is 9.78 Å². The molecule has 20 heavy (non-hydrogen) atoms. The summed E-state index contributed by atoms with van der Waals surface area (Å²) in [6, 6.07) is 3.85. The first-order chi connectivity index (χ1) is 9.70. The lowest BCUT2D eigenvalue weighted by atomic mass is 10.3. The third kappa shape index (κ3) is 4.05. The maximum absolute atomic E-state index is 11.8. The molecule has 2 rings (SSSR count). The van der Waals surface area contributed by atoms with Gasteiger partial charge in [0.1, 0.15) is 10.0 Å². The molecule has 0 aromatic carbocycles. The van der Waals surface area contributed by atoms with Crippen LogP contribution in [0.5, 0.6) is 0 Å². The summed E-state index contributed by atoms with van der Waals surface area (Å²) in [6.07, 6.45) is 7.02. The predicted octanol–water partition coefficient (Wildman–Crippen LogP) is 3.60. The van der Waals surface area contributed by atoms with Crippen LogP contribution in [-0.2, 0) is 4.79 Å². The number of aromatic nitrogens is 2. The molecule has 2 heterocycles. The molecule has 0 radical (unpaired) electrons. The Morgan fingerprint density at radius 2 is 2.35 bits per heavy atom. The van der Waals surface area contributed by atoms with Crippen molar-refractivity contribution < 1.29 is 4.79 Å². The molecule has 0 aliphatic heterocycles. The van der Waals surface area contributed by atoms with Gasteiger partial charge in [-0.1, -0.05) is 11.3 Å². The second-order valence-corrected chi connectivity index (χ2v) is 6.30. The molecular weight excluding hydrogens is 290 g/mol. The van der Waals surface area contributed by atoms with Gasteiger partial charge in [0.05, 0.1) is 5.69 Å². The second-order valence-electron chi connectivity index (χ2n) is 4.32. The van der Waals surface area contributed by atoms with Crippen molar-refractivity contribution in [3.63, 3.8) is 0 Å². The van der Waals surface area contributed by atoms with Crippen LogP contribution in [0.2, 0.25) is 0 Å². The monoisotopic (exact) mass is 307 g/mol. The summed E-state index contributed by atoms with van der Waals surface area (Å²) in [5.41, 5.74) is 1.83. The van der Waals surface area contributed by atoms with Gasteiger partial charge in [-0.25, -0.2) is 4.98 Å². The van der Waals surface area contributed by atoms with Crippen molar-refractivity contribution in [2.75, 3.05) is 17.3 Å². The molecule has 2 aromatic heterocycles. The van der Waals surface area contributed by atoms with Gasteiger partial charge in [-0.2, -0.15) is 11.8 Å². The summed E-state index contributed by atoms with van der Waals surface area (Å²) in [5.74, 6) is 1.07. The van der Waals surface area contributed by atoms with Crippen LogP contribution in [0.4, 0.5) is 5.00 Å². The highest BCUT2D eigenvalue weighted by molar-refractivity contribution is 7.98. The summed E-state index contributed by atoms with van der Waals surface area (Å²) < 4.78 is 0. The van der Waals surface area contributed by atoms with E-state index in [0.29, 0.717) is 6.42 Å². The normalized spacial score (nSPS) is 10.5. The summed E-state index contributed by atoms with van der Waals surface area (Å²) in [5, 5.41) is 4.66. The smallest absolute Gasteiger partial charge is 0.225 e. The van der Waals surface area contributed by atoms with Crippen LogP contribution in [-0.4, -0.2) is 27.9 Å². The lowest BCUT2D eigenvalue weighted by Gasteiger charge is -2.02. The van der Waals surface area contributed by atoms with E-state index in [9.17, 15) is 4.79 Å². The average Bonchev–Trinajstić information content (AvgIpc) is 2.81. The molecule has 0 bridgehead atoms. The molecule has 0 aliphatic carbocycles. The van der Waals surface area contributed by atoms with Crippen LogP contribution < -0.4 is 5.32 Å². The molecule has 0 saturated carbocycles. The van der Waals surface area contributed by atoms with Crippen LogP contribution in [0.15, 0.2) is 24.5 Å². The number of nitrogens with zero attached hydrogens (tertiary/aromatic N) is 2. The minimum Gasteiger partial charge on any atom is -0.316 e. The van der Waals surface area contributed by atoms with Gasteiger partial charge in [0, 0.05) is 24.4 Å². The van der Waals surface area contributed by atoms with Gasteiger partial charge in [0.2, 0.25) is 5.91 Å². The molecule has 6 heteroatoms. The molecule has 0 unspecified atom stereocenters. The van der Waals surface area contributed by atoms with E-state index >= 15 is 0 Å². The number of anilines is 1. The first-order valence-electron chi connectivity index (χ1n) is 6.37. The summed E-state index contributed by atoms with van der Waals surface area (Å²) in [7, 11) is 0. The topological polar surface area (TPSA) is 54.9 Å². The summed E-state index contributed by atoms with van der Waals surface area (Å²) in [6.45, 7) is 1.91. The number of nitrogens with one attached hydrogen (secondary N) is 1. The zero-order valence-corrected chi connectivity index (χ0v) is 13.2. The lowest BCUT2D eigenvalue weighted by Crippen LogP contribution is -2.11. The first-order valence-corrected chi connectivity index (χ1v) is 8.58. The number of carbonyl (C=O) groups is 1. The minimum atomic E-state index is 0.0588. The lowest BCUT2D eigenvalue weighted by molar-refractivity contribution is -0.116. The van der Waals surface area contributed by atoms with E-state index in [2.05, 4.69) is 15.3 Å². The molecule has 2 aromatic rings. The standard InChI is InChI=1S/C14H17N3OS2/c1-10-13(17-12(18)6-4-8-19-2)20-14(16-10)11-5-3-7-15-9-11/h3,5,7,9H,4,6,8H2,1-2H3,(H,17,18). The van der Waals surface area contributed by atoms with Crippen LogP contribution in [0.1, 0.15) is 18.5 Å². The Bertz CT molecular complexity index is 569. The van der Waals surface area contributed by atoms with Gasteiger partial charge >= 0.3 is 0 Å². The Hall–Kier alpha value is -1.40. The number of rotatable bonds is 6. The van der Waals surface area contributed by atoms with Crippen LogP contribution in [0.3, 0.4) is 0 Å². The number of thioether (sulfide) groups is 1. The Balaban J connectivity index is 2.03. The maximum atomic E-state index is 11.8. The largest absolute Gasteiger partial charge is 0.316 e. The van der Waals surface area contributed by atoms with Crippen molar-refractivity contribution in [2.45, 2.75) is 19.8 Å². The maximum Gasteiger partial charge on any atom is 0.225 e. The fourth-order valence-corrected chi connectivity index (χ4v) is 3.10. The van der Waals surface area contributed by atoms with Gasteiger partial charge in [-0.15, -0.1) is 0 Å². The Morgan fingerprint density at radius 1 is 1.50 bits per heavy atom. The molecule has 0 aliphatic rings. The fourth-order valence-electron chi connectivity index (χ4n) is 1.69. The zero-order valence-electron chi connectivity index (χ0n) is 11.5. The third-order valence-electron chi connectivity index (χ3n) is 2.71. The highest BCUT2D eigenvalue weighted by Gasteiger charge is 2.11. The molecule has 106 valence electrons. The van der Waals surface area contributed by atoms with Crippen molar-refractivity contribution in [1.29, 1.82) is 0 Å². The number of aryl methyl sites for hydroxylation is 1. The van der Waals surface area contributed by atoms with E-state index in [1.165, 1.54) is 11.3 Å². The number of carbonyl (C=O) groups excluding carboxylic acids is 1. The second kappa shape index (κ2) is 7.40. The van der Waals surface area contributed by atoms with E-state index in [1.807, 2.05) is 25.3 Å². The Kier molecular flexibility index (Phi) is 5.55. The van der Waals surface area contributed by atoms with Gasteiger partial charge in [0.25, 0.3) is 0 Å². The molecule has 0 atom stereocenters. The van der Waals surface area contributed by atoms with Crippen LogP contribution in [0, 0.1) is 6.92 Å². The molecule has 1 N–H and O–H groups in total. The van der Waals surface area contributed by atoms with Crippen molar-refractivity contribution in [3.8, 4) is 10.6 Å². The molecule has 1 amide bonds. The van der Waals surface area contributed by atoms with E-state index in [0.717, 1.165) is 33.4 Å². The SMILES string of the molecule is CSCCCC(=O)Nc1sc(-c2cccnc2)nc1C. The first kappa shape index (κ1) is 15.0.